The Morgan fingerprint density at radius 3 is 2.52 bits per heavy atom. The maximum absolute atomic E-state index is 12.6. The monoisotopic (exact) mass is 342 g/mol. The summed E-state index contributed by atoms with van der Waals surface area (Å²) in [6, 6.07) is 4.89. The number of nitrogens with zero attached hydrogens (tertiary/aromatic N) is 1. The van der Waals surface area contributed by atoms with Gasteiger partial charge in [-0.15, -0.1) is 0 Å². The Labute approximate surface area is 136 Å². The van der Waals surface area contributed by atoms with Gasteiger partial charge in [-0.1, -0.05) is 0 Å². The highest BCUT2D eigenvalue weighted by Crippen LogP contribution is 2.34. The van der Waals surface area contributed by atoms with Crippen molar-refractivity contribution in [1.82, 2.24) is 4.31 Å². The number of carbonyl (C=O) groups excluding carboxylic acids is 1. The molecule has 7 nitrogen and oxygen atoms in total. The van der Waals surface area contributed by atoms with E-state index in [1.54, 1.807) is 18.2 Å². The first-order chi connectivity index (χ1) is 10.8. The highest BCUT2D eigenvalue weighted by Gasteiger charge is 2.50. The maximum Gasteiger partial charge on any atom is 0.246 e. The van der Waals surface area contributed by atoms with Crippen LogP contribution in [0, 0.1) is 0 Å². The average molecular weight is 342 g/mol. The zero-order valence-electron chi connectivity index (χ0n) is 13.8. The summed E-state index contributed by atoms with van der Waals surface area (Å²) < 4.78 is 35.1. The van der Waals surface area contributed by atoms with E-state index < -0.39 is 20.7 Å². The number of nitrogens with one attached hydrogen (secondary N) is 1. The third-order valence-electron chi connectivity index (χ3n) is 4.23. The first kappa shape index (κ1) is 17.6. The lowest BCUT2D eigenvalue weighted by Gasteiger charge is -2.36. The van der Waals surface area contributed by atoms with Crippen molar-refractivity contribution >= 4 is 21.6 Å². The SMILES string of the molecule is COc1ccc(NC(=O)C2(C)CCCN(C)S2(=O)=O)cc1OC. The number of sulfonamides is 1. The largest absolute Gasteiger partial charge is 0.493 e. The number of hydrogen-bond acceptors (Lipinski definition) is 5. The zero-order valence-corrected chi connectivity index (χ0v) is 14.6. The first-order valence-corrected chi connectivity index (χ1v) is 8.69. The smallest absolute Gasteiger partial charge is 0.246 e. The summed E-state index contributed by atoms with van der Waals surface area (Å²) in [6.07, 6.45) is 0.935. The van der Waals surface area contributed by atoms with Crippen molar-refractivity contribution in [1.29, 1.82) is 0 Å². The van der Waals surface area contributed by atoms with Crippen molar-refractivity contribution in [2.45, 2.75) is 24.5 Å². The van der Waals surface area contributed by atoms with Gasteiger partial charge in [0.1, 0.15) is 0 Å². The fourth-order valence-corrected chi connectivity index (χ4v) is 4.39. The van der Waals surface area contributed by atoms with E-state index in [0.717, 1.165) is 0 Å². The van der Waals surface area contributed by atoms with Crippen molar-refractivity contribution in [2.24, 2.45) is 0 Å². The van der Waals surface area contributed by atoms with Gasteiger partial charge >= 0.3 is 0 Å². The minimum absolute atomic E-state index is 0.290. The molecule has 0 bridgehead atoms. The van der Waals surface area contributed by atoms with E-state index >= 15 is 0 Å². The Kier molecular flexibility index (Phi) is 4.86. The standard InChI is InChI=1S/C15H22N2O5S/c1-15(8-5-9-17(2)23(15,19)20)14(18)16-11-6-7-12(21-3)13(10-11)22-4/h6-7,10H,5,8-9H2,1-4H3,(H,16,18). The quantitative estimate of drug-likeness (QED) is 0.895. The normalized spacial score (nSPS) is 24.0. The number of rotatable bonds is 4. The average Bonchev–Trinajstić information content (AvgIpc) is 2.52. The molecule has 1 heterocycles. The summed E-state index contributed by atoms with van der Waals surface area (Å²) in [5.74, 6) is 0.442. The number of amides is 1. The van der Waals surface area contributed by atoms with Gasteiger partial charge in [0.2, 0.25) is 15.9 Å². The molecule has 2 rings (SSSR count). The van der Waals surface area contributed by atoms with Gasteiger partial charge in [-0.25, -0.2) is 12.7 Å². The van der Waals surface area contributed by atoms with Crippen LogP contribution in [-0.2, 0) is 14.8 Å². The van der Waals surface area contributed by atoms with Crippen molar-refractivity contribution in [3.63, 3.8) is 0 Å². The van der Waals surface area contributed by atoms with E-state index in [1.165, 1.54) is 32.5 Å². The molecule has 23 heavy (non-hydrogen) atoms. The molecule has 1 aromatic carbocycles. The molecule has 1 atom stereocenters. The van der Waals surface area contributed by atoms with Gasteiger partial charge in [0.15, 0.2) is 16.2 Å². The number of anilines is 1. The molecule has 8 heteroatoms. The molecular weight excluding hydrogens is 320 g/mol. The zero-order chi connectivity index (χ0) is 17.3. The minimum atomic E-state index is -3.68. The molecule has 128 valence electrons. The predicted octanol–water partition coefficient (Wildman–Crippen LogP) is 1.46. The van der Waals surface area contributed by atoms with E-state index in [0.29, 0.717) is 36.6 Å². The molecule has 1 unspecified atom stereocenters. The third kappa shape index (κ3) is 3.00. The minimum Gasteiger partial charge on any atom is -0.493 e. The van der Waals surface area contributed by atoms with E-state index in [-0.39, 0.29) is 0 Å². The van der Waals surface area contributed by atoms with E-state index in [1.807, 2.05) is 0 Å². The predicted molar refractivity (Wildman–Crippen MR) is 87.4 cm³/mol. The van der Waals surface area contributed by atoms with Crippen molar-refractivity contribution in [2.75, 3.05) is 33.1 Å². The van der Waals surface area contributed by atoms with Crippen LogP contribution in [0.5, 0.6) is 11.5 Å². The van der Waals surface area contributed by atoms with Crippen LogP contribution in [0.25, 0.3) is 0 Å². The fraction of sp³-hybridized carbons (Fsp3) is 0.533. The van der Waals surface area contributed by atoms with E-state index in [2.05, 4.69) is 5.32 Å². The number of ether oxygens (including phenoxy) is 2. The highest BCUT2D eigenvalue weighted by atomic mass is 32.2. The topological polar surface area (TPSA) is 84.9 Å². The van der Waals surface area contributed by atoms with Gasteiger partial charge in [0.05, 0.1) is 14.2 Å². The van der Waals surface area contributed by atoms with E-state index in [4.69, 9.17) is 9.47 Å². The molecule has 1 N–H and O–H groups in total. The van der Waals surface area contributed by atoms with Crippen molar-refractivity contribution in [3.05, 3.63) is 18.2 Å². The van der Waals surface area contributed by atoms with Gasteiger partial charge in [-0.2, -0.15) is 0 Å². The van der Waals surface area contributed by atoms with Gasteiger partial charge < -0.3 is 14.8 Å². The first-order valence-electron chi connectivity index (χ1n) is 7.25. The Morgan fingerprint density at radius 1 is 1.26 bits per heavy atom. The molecule has 1 fully saturated rings. The number of methoxy groups -OCH3 is 2. The second-order valence-corrected chi connectivity index (χ2v) is 8.16. The van der Waals surface area contributed by atoms with Crippen LogP contribution in [0.1, 0.15) is 19.8 Å². The maximum atomic E-state index is 12.6. The Bertz CT molecular complexity index is 704. The van der Waals surface area contributed by atoms with Crippen LogP contribution in [-0.4, -0.2) is 51.2 Å². The molecule has 1 saturated heterocycles. The van der Waals surface area contributed by atoms with Crippen molar-refractivity contribution < 1.29 is 22.7 Å². The van der Waals surface area contributed by atoms with Crippen LogP contribution in [0.2, 0.25) is 0 Å². The highest BCUT2D eigenvalue weighted by molar-refractivity contribution is 7.91. The summed E-state index contributed by atoms with van der Waals surface area (Å²) in [5, 5.41) is 2.67. The van der Waals surface area contributed by atoms with E-state index in [9.17, 15) is 13.2 Å². The van der Waals surface area contributed by atoms with Crippen LogP contribution in [0.15, 0.2) is 18.2 Å². The molecule has 1 aliphatic rings. The van der Waals surface area contributed by atoms with Gasteiger partial charge in [0.25, 0.3) is 0 Å². The van der Waals surface area contributed by atoms with Gasteiger partial charge in [0, 0.05) is 25.3 Å². The van der Waals surface area contributed by atoms with Crippen LogP contribution in [0.4, 0.5) is 5.69 Å². The Morgan fingerprint density at radius 2 is 1.91 bits per heavy atom. The summed E-state index contributed by atoms with van der Waals surface area (Å²) in [6.45, 7) is 1.90. The molecule has 0 aliphatic carbocycles. The number of carbonyl (C=O) groups is 1. The lowest BCUT2D eigenvalue weighted by atomic mass is 10.0. The molecule has 1 aliphatic heterocycles. The van der Waals surface area contributed by atoms with Crippen LogP contribution < -0.4 is 14.8 Å². The summed E-state index contributed by atoms with van der Waals surface area (Å²) >= 11 is 0. The fourth-order valence-electron chi connectivity index (χ4n) is 2.64. The molecule has 0 aromatic heterocycles. The molecule has 1 amide bonds. The molecule has 0 radical (unpaired) electrons. The summed E-state index contributed by atoms with van der Waals surface area (Å²) in [5.41, 5.74) is 0.456. The molecular formula is C15H22N2O5S. The Hall–Kier alpha value is -1.80. The third-order valence-corrected chi connectivity index (χ3v) is 6.76. The molecule has 0 spiro atoms. The second-order valence-electron chi connectivity index (χ2n) is 5.68. The lowest BCUT2D eigenvalue weighted by molar-refractivity contribution is -0.118. The van der Waals surface area contributed by atoms with Gasteiger partial charge in [-0.05, 0) is 31.9 Å². The summed E-state index contributed by atoms with van der Waals surface area (Å²) in [7, 11) is 0.819. The van der Waals surface area contributed by atoms with Crippen molar-refractivity contribution in [3.8, 4) is 11.5 Å². The number of benzene rings is 1. The number of hydrogen-bond donors (Lipinski definition) is 1. The summed E-state index contributed by atoms with van der Waals surface area (Å²) in [4.78, 5) is 12.6. The lowest BCUT2D eigenvalue weighted by Crippen LogP contribution is -2.56. The molecule has 0 saturated carbocycles. The van der Waals surface area contributed by atoms with Crippen LogP contribution in [0.3, 0.4) is 0 Å². The Balaban J connectivity index is 2.28. The van der Waals surface area contributed by atoms with Crippen LogP contribution >= 0.6 is 0 Å². The molecule has 1 aromatic rings. The second kappa shape index (κ2) is 6.37. The van der Waals surface area contributed by atoms with Gasteiger partial charge in [-0.3, -0.25) is 4.79 Å².